The first kappa shape index (κ1) is 12.6. The van der Waals surface area contributed by atoms with Crippen LogP contribution in [0.5, 0.6) is 0 Å². The van der Waals surface area contributed by atoms with Crippen molar-refractivity contribution >= 4 is 5.91 Å². The Kier molecular flexibility index (Phi) is 5.50. The Morgan fingerprint density at radius 2 is 2.25 bits per heavy atom. The maximum atomic E-state index is 12.8. The lowest BCUT2D eigenvalue weighted by atomic mass is 10.2. The molecule has 4 heteroatoms. The second-order valence-electron chi connectivity index (χ2n) is 3.47. The molecule has 3 nitrogen and oxygen atoms in total. The second kappa shape index (κ2) is 6.95. The van der Waals surface area contributed by atoms with Crippen molar-refractivity contribution in [1.29, 1.82) is 0 Å². The van der Waals surface area contributed by atoms with Gasteiger partial charge < -0.3 is 10.1 Å². The maximum Gasteiger partial charge on any atom is 0.251 e. The molecule has 1 aromatic carbocycles. The molecule has 0 aliphatic carbocycles. The minimum Gasteiger partial charge on any atom is -0.385 e. The molecule has 0 saturated carbocycles. The van der Waals surface area contributed by atoms with E-state index in [1.54, 1.807) is 13.2 Å². The van der Waals surface area contributed by atoms with Gasteiger partial charge in [-0.25, -0.2) is 4.39 Å². The average Bonchev–Trinajstić information content (AvgIpc) is 2.28. The summed E-state index contributed by atoms with van der Waals surface area (Å²) in [4.78, 5) is 11.5. The van der Waals surface area contributed by atoms with E-state index < -0.39 is 5.82 Å². The van der Waals surface area contributed by atoms with Crippen LogP contribution in [0.3, 0.4) is 0 Å². The van der Waals surface area contributed by atoms with E-state index in [1.807, 2.05) is 0 Å². The number of methoxy groups -OCH3 is 1. The van der Waals surface area contributed by atoms with Gasteiger partial charge >= 0.3 is 0 Å². The smallest absolute Gasteiger partial charge is 0.251 e. The third kappa shape index (κ3) is 4.40. The topological polar surface area (TPSA) is 38.3 Å². The number of nitrogens with one attached hydrogen (secondary N) is 1. The van der Waals surface area contributed by atoms with E-state index >= 15 is 0 Å². The predicted molar refractivity (Wildman–Crippen MR) is 59.8 cm³/mol. The monoisotopic (exact) mass is 225 g/mol. The fraction of sp³-hybridized carbons (Fsp3) is 0.417. The molecular weight excluding hydrogens is 209 g/mol. The Bertz CT molecular complexity index is 342. The number of hydrogen-bond acceptors (Lipinski definition) is 2. The Hall–Kier alpha value is -1.42. The van der Waals surface area contributed by atoms with Gasteiger partial charge in [-0.05, 0) is 31.0 Å². The van der Waals surface area contributed by atoms with Crippen LogP contribution in [-0.4, -0.2) is 26.2 Å². The van der Waals surface area contributed by atoms with E-state index in [1.165, 1.54) is 18.2 Å². The van der Waals surface area contributed by atoms with Crippen molar-refractivity contribution in [3.63, 3.8) is 0 Å². The number of amides is 1. The van der Waals surface area contributed by atoms with Crippen molar-refractivity contribution in [3.8, 4) is 0 Å². The van der Waals surface area contributed by atoms with Gasteiger partial charge in [0.25, 0.3) is 5.91 Å². The van der Waals surface area contributed by atoms with Crippen LogP contribution in [0.1, 0.15) is 23.2 Å². The molecule has 0 fully saturated rings. The quantitative estimate of drug-likeness (QED) is 0.752. The van der Waals surface area contributed by atoms with Gasteiger partial charge in [-0.2, -0.15) is 0 Å². The van der Waals surface area contributed by atoms with Gasteiger partial charge in [0.2, 0.25) is 0 Å². The van der Waals surface area contributed by atoms with Crippen LogP contribution < -0.4 is 5.32 Å². The highest BCUT2D eigenvalue weighted by molar-refractivity contribution is 5.94. The standard InChI is InChI=1S/C12H16FNO2/c1-16-8-3-2-7-14-12(15)10-5-4-6-11(13)9-10/h4-6,9H,2-3,7-8H2,1H3,(H,14,15). The first-order chi connectivity index (χ1) is 7.74. The van der Waals surface area contributed by atoms with E-state index in [0.717, 1.165) is 12.8 Å². The van der Waals surface area contributed by atoms with Crippen molar-refractivity contribution in [1.82, 2.24) is 5.32 Å². The fourth-order valence-electron chi connectivity index (χ4n) is 1.31. The number of rotatable bonds is 6. The van der Waals surface area contributed by atoms with Crippen LogP contribution in [0.2, 0.25) is 0 Å². The number of halogens is 1. The Morgan fingerprint density at radius 3 is 2.94 bits per heavy atom. The van der Waals surface area contributed by atoms with E-state index in [4.69, 9.17) is 4.74 Å². The van der Waals surface area contributed by atoms with Crippen LogP contribution >= 0.6 is 0 Å². The lowest BCUT2D eigenvalue weighted by molar-refractivity contribution is 0.0951. The van der Waals surface area contributed by atoms with Gasteiger partial charge in [0.05, 0.1) is 0 Å². The van der Waals surface area contributed by atoms with Crippen LogP contribution in [-0.2, 0) is 4.74 Å². The average molecular weight is 225 g/mol. The van der Waals surface area contributed by atoms with Gasteiger partial charge in [0.15, 0.2) is 0 Å². The third-order valence-corrected chi connectivity index (χ3v) is 2.15. The predicted octanol–water partition coefficient (Wildman–Crippen LogP) is 1.98. The highest BCUT2D eigenvalue weighted by Crippen LogP contribution is 2.03. The Balaban J connectivity index is 2.30. The summed E-state index contributed by atoms with van der Waals surface area (Å²) in [6.07, 6.45) is 1.76. The molecule has 0 aromatic heterocycles. The van der Waals surface area contributed by atoms with Crippen molar-refractivity contribution in [2.45, 2.75) is 12.8 Å². The zero-order chi connectivity index (χ0) is 11.8. The maximum absolute atomic E-state index is 12.8. The Labute approximate surface area is 94.6 Å². The molecule has 0 unspecified atom stereocenters. The first-order valence-corrected chi connectivity index (χ1v) is 5.26. The summed E-state index contributed by atoms with van der Waals surface area (Å²) in [6.45, 7) is 1.27. The zero-order valence-corrected chi connectivity index (χ0v) is 9.33. The Morgan fingerprint density at radius 1 is 1.44 bits per heavy atom. The molecule has 0 saturated heterocycles. The molecule has 0 aliphatic rings. The summed E-state index contributed by atoms with van der Waals surface area (Å²) in [5.41, 5.74) is 0.353. The number of carbonyl (C=O) groups is 1. The number of ether oxygens (including phenoxy) is 1. The van der Waals surface area contributed by atoms with Crippen molar-refractivity contribution < 1.29 is 13.9 Å². The summed E-state index contributed by atoms with van der Waals surface area (Å²) in [5.74, 6) is -0.635. The SMILES string of the molecule is COCCCCNC(=O)c1cccc(F)c1. The molecule has 0 radical (unpaired) electrons. The van der Waals surface area contributed by atoms with E-state index in [-0.39, 0.29) is 5.91 Å². The van der Waals surface area contributed by atoms with Crippen LogP contribution in [0.4, 0.5) is 4.39 Å². The number of carbonyl (C=O) groups excluding carboxylic acids is 1. The lowest BCUT2D eigenvalue weighted by Gasteiger charge is -2.04. The van der Waals surface area contributed by atoms with Gasteiger partial charge in [-0.1, -0.05) is 6.07 Å². The van der Waals surface area contributed by atoms with Crippen LogP contribution in [0.25, 0.3) is 0 Å². The summed E-state index contributed by atoms with van der Waals surface area (Å²) >= 11 is 0. The summed E-state index contributed by atoms with van der Waals surface area (Å²) in [7, 11) is 1.64. The largest absolute Gasteiger partial charge is 0.385 e. The van der Waals surface area contributed by atoms with Gasteiger partial charge in [0, 0.05) is 25.8 Å². The van der Waals surface area contributed by atoms with Gasteiger partial charge in [-0.15, -0.1) is 0 Å². The lowest BCUT2D eigenvalue weighted by Crippen LogP contribution is -2.24. The fourth-order valence-corrected chi connectivity index (χ4v) is 1.31. The van der Waals surface area contributed by atoms with E-state index in [0.29, 0.717) is 18.7 Å². The molecular formula is C12H16FNO2. The molecule has 0 bridgehead atoms. The molecule has 16 heavy (non-hydrogen) atoms. The minimum absolute atomic E-state index is 0.239. The molecule has 0 spiro atoms. The van der Waals surface area contributed by atoms with Crippen LogP contribution in [0.15, 0.2) is 24.3 Å². The summed E-state index contributed by atoms with van der Waals surface area (Å²) < 4.78 is 17.7. The number of benzene rings is 1. The highest BCUT2D eigenvalue weighted by Gasteiger charge is 2.04. The molecule has 0 aliphatic heterocycles. The second-order valence-corrected chi connectivity index (χ2v) is 3.47. The van der Waals surface area contributed by atoms with Crippen molar-refractivity contribution in [2.75, 3.05) is 20.3 Å². The molecule has 1 amide bonds. The molecule has 1 rings (SSSR count). The van der Waals surface area contributed by atoms with Crippen LogP contribution in [0, 0.1) is 5.82 Å². The van der Waals surface area contributed by atoms with Gasteiger partial charge in [0.1, 0.15) is 5.82 Å². The third-order valence-electron chi connectivity index (χ3n) is 2.15. The molecule has 0 atom stereocenters. The summed E-state index contributed by atoms with van der Waals surface area (Å²) in [6, 6.07) is 5.66. The van der Waals surface area contributed by atoms with E-state index in [2.05, 4.69) is 5.32 Å². The molecule has 1 N–H and O–H groups in total. The molecule has 0 heterocycles. The number of unbranched alkanes of at least 4 members (excludes halogenated alkanes) is 1. The first-order valence-electron chi connectivity index (χ1n) is 5.26. The zero-order valence-electron chi connectivity index (χ0n) is 9.33. The van der Waals surface area contributed by atoms with Crippen molar-refractivity contribution in [3.05, 3.63) is 35.6 Å². The normalized spacial score (nSPS) is 10.1. The minimum atomic E-state index is -0.396. The highest BCUT2D eigenvalue weighted by atomic mass is 19.1. The van der Waals surface area contributed by atoms with E-state index in [9.17, 15) is 9.18 Å². The summed E-state index contributed by atoms with van der Waals surface area (Å²) in [5, 5.41) is 2.72. The molecule has 88 valence electrons. The van der Waals surface area contributed by atoms with Gasteiger partial charge in [-0.3, -0.25) is 4.79 Å². The van der Waals surface area contributed by atoms with Crippen molar-refractivity contribution in [2.24, 2.45) is 0 Å². The molecule has 1 aromatic rings. The number of hydrogen-bond donors (Lipinski definition) is 1.